The second-order valence-electron chi connectivity index (χ2n) is 4.95. The Bertz CT molecular complexity index is 442. The SMILES string of the molecule is COCC[C@H]1CN(C(=O)c2ccn(C)c2C)CCO1. The van der Waals surface area contributed by atoms with Crippen LogP contribution in [0.2, 0.25) is 0 Å². The number of aryl methyl sites for hydroxylation is 1. The van der Waals surface area contributed by atoms with Crippen LogP contribution in [0.15, 0.2) is 12.3 Å². The van der Waals surface area contributed by atoms with E-state index >= 15 is 0 Å². The molecule has 1 aliphatic heterocycles. The standard InChI is InChI=1S/C14H22N2O3/c1-11-13(4-6-15(11)2)14(17)16-7-9-19-12(10-16)5-8-18-3/h4,6,12H,5,7-10H2,1-3H3/t12-/m0/s1. The van der Waals surface area contributed by atoms with Gasteiger partial charge >= 0.3 is 0 Å². The van der Waals surface area contributed by atoms with E-state index in [4.69, 9.17) is 9.47 Å². The zero-order chi connectivity index (χ0) is 13.8. The minimum atomic E-state index is 0.0849. The van der Waals surface area contributed by atoms with Gasteiger partial charge in [-0.2, -0.15) is 0 Å². The third-order valence-corrected chi connectivity index (χ3v) is 3.68. The zero-order valence-corrected chi connectivity index (χ0v) is 11.9. The van der Waals surface area contributed by atoms with Gasteiger partial charge in [0, 0.05) is 45.7 Å². The zero-order valence-electron chi connectivity index (χ0n) is 11.9. The molecule has 0 aromatic carbocycles. The molecule has 1 amide bonds. The summed E-state index contributed by atoms with van der Waals surface area (Å²) in [4.78, 5) is 14.4. The van der Waals surface area contributed by atoms with Gasteiger partial charge in [0.1, 0.15) is 0 Å². The number of morpholine rings is 1. The predicted molar refractivity (Wildman–Crippen MR) is 72.3 cm³/mol. The Kier molecular flexibility index (Phi) is 4.61. The lowest BCUT2D eigenvalue weighted by molar-refractivity contribution is -0.0333. The van der Waals surface area contributed by atoms with Gasteiger partial charge in [0.05, 0.1) is 18.3 Å². The fourth-order valence-corrected chi connectivity index (χ4v) is 2.33. The average molecular weight is 266 g/mol. The number of hydrogen-bond acceptors (Lipinski definition) is 3. The highest BCUT2D eigenvalue weighted by Crippen LogP contribution is 2.15. The van der Waals surface area contributed by atoms with Crippen molar-refractivity contribution in [2.45, 2.75) is 19.4 Å². The number of carbonyl (C=O) groups excluding carboxylic acids is 1. The number of methoxy groups -OCH3 is 1. The fourth-order valence-electron chi connectivity index (χ4n) is 2.33. The van der Waals surface area contributed by atoms with Crippen LogP contribution in [-0.4, -0.2) is 54.9 Å². The van der Waals surface area contributed by atoms with Crippen LogP contribution in [0.5, 0.6) is 0 Å². The first kappa shape index (κ1) is 14.1. The van der Waals surface area contributed by atoms with Crippen LogP contribution in [0.1, 0.15) is 22.5 Å². The lowest BCUT2D eigenvalue weighted by Crippen LogP contribution is -2.46. The Hall–Kier alpha value is -1.33. The molecule has 1 aromatic heterocycles. The fraction of sp³-hybridized carbons (Fsp3) is 0.643. The van der Waals surface area contributed by atoms with Gasteiger partial charge in [-0.3, -0.25) is 4.79 Å². The smallest absolute Gasteiger partial charge is 0.255 e. The van der Waals surface area contributed by atoms with E-state index in [0.717, 1.165) is 17.7 Å². The predicted octanol–water partition coefficient (Wildman–Crippen LogP) is 1.21. The summed E-state index contributed by atoms with van der Waals surface area (Å²) in [5.41, 5.74) is 1.79. The summed E-state index contributed by atoms with van der Waals surface area (Å²) < 4.78 is 12.7. The molecule has 0 spiro atoms. The Morgan fingerprint density at radius 1 is 1.58 bits per heavy atom. The van der Waals surface area contributed by atoms with Crippen LogP contribution in [0.3, 0.4) is 0 Å². The molecule has 0 unspecified atom stereocenters. The molecule has 0 aliphatic carbocycles. The van der Waals surface area contributed by atoms with Crippen molar-refractivity contribution in [2.24, 2.45) is 7.05 Å². The van der Waals surface area contributed by atoms with Gasteiger partial charge in [0.15, 0.2) is 0 Å². The number of amides is 1. The summed E-state index contributed by atoms with van der Waals surface area (Å²) in [6, 6.07) is 1.89. The molecule has 1 atom stereocenters. The first-order valence-corrected chi connectivity index (χ1v) is 6.65. The maximum Gasteiger partial charge on any atom is 0.255 e. The van der Waals surface area contributed by atoms with Crippen LogP contribution in [-0.2, 0) is 16.5 Å². The molecule has 0 bridgehead atoms. The van der Waals surface area contributed by atoms with Crippen LogP contribution in [0.4, 0.5) is 0 Å². The maximum absolute atomic E-state index is 12.5. The second kappa shape index (κ2) is 6.21. The van der Waals surface area contributed by atoms with E-state index in [1.54, 1.807) is 7.11 Å². The Morgan fingerprint density at radius 2 is 2.37 bits per heavy atom. The molecule has 0 radical (unpaired) electrons. The van der Waals surface area contributed by atoms with Gasteiger partial charge in [-0.15, -0.1) is 0 Å². The van der Waals surface area contributed by atoms with Crippen molar-refractivity contribution in [3.05, 3.63) is 23.5 Å². The van der Waals surface area contributed by atoms with Crippen molar-refractivity contribution >= 4 is 5.91 Å². The Labute approximate surface area is 114 Å². The van der Waals surface area contributed by atoms with Crippen LogP contribution in [0.25, 0.3) is 0 Å². The summed E-state index contributed by atoms with van der Waals surface area (Å²) in [6.07, 6.45) is 2.83. The van der Waals surface area contributed by atoms with Crippen molar-refractivity contribution in [2.75, 3.05) is 33.4 Å². The van der Waals surface area contributed by atoms with E-state index in [0.29, 0.717) is 26.3 Å². The van der Waals surface area contributed by atoms with E-state index in [9.17, 15) is 4.79 Å². The van der Waals surface area contributed by atoms with Gasteiger partial charge in [-0.25, -0.2) is 0 Å². The Balaban J connectivity index is 2.01. The van der Waals surface area contributed by atoms with Crippen molar-refractivity contribution in [1.82, 2.24) is 9.47 Å². The molecule has 5 nitrogen and oxygen atoms in total. The molecular formula is C14H22N2O3. The molecule has 1 aromatic rings. The topological polar surface area (TPSA) is 43.7 Å². The highest BCUT2D eigenvalue weighted by atomic mass is 16.5. The monoisotopic (exact) mass is 266 g/mol. The minimum Gasteiger partial charge on any atom is -0.385 e. The molecule has 2 heterocycles. The summed E-state index contributed by atoms with van der Waals surface area (Å²) in [7, 11) is 3.63. The quantitative estimate of drug-likeness (QED) is 0.823. The number of aromatic nitrogens is 1. The minimum absolute atomic E-state index is 0.0849. The lowest BCUT2D eigenvalue weighted by Gasteiger charge is -2.33. The summed E-state index contributed by atoms with van der Waals surface area (Å²) in [5, 5.41) is 0. The highest BCUT2D eigenvalue weighted by Gasteiger charge is 2.26. The molecule has 5 heteroatoms. The summed E-state index contributed by atoms with van der Waals surface area (Å²) >= 11 is 0. The molecule has 1 saturated heterocycles. The first-order chi connectivity index (χ1) is 9.13. The largest absolute Gasteiger partial charge is 0.385 e. The van der Waals surface area contributed by atoms with Crippen molar-refractivity contribution < 1.29 is 14.3 Å². The molecule has 0 saturated carbocycles. The maximum atomic E-state index is 12.5. The van der Waals surface area contributed by atoms with E-state index in [-0.39, 0.29) is 12.0 Å². The molecule has 1 aliphatic rings. The second-order valence-corrected chi connectivity index (χ2v) is 4.95. The number of rotatable bonds is 4. The van der Waals surface area contributed by atoms with E-state index in [2.05, 4.69) is 0 Å². The van der Waals surface area contributed by atoms with Gasteiger partial charge in [0.25, 0.3) is 5.91 Å². The number of hydrogen-bond donors (Lipinski definition) is 0. The van der Waals surface area contributed by atoms with Gasteiger partial charge < -0.3 is 18.9 Å². The van der Waals surface area contributed by atoms with Crippen LogP contribution >= 0.6 is 0 Å². The van der Waals surface area contributed by atoms with Gasteiger partial charge in [0.2, 0.25) is 0 Å². The van der Waals surface area contributed by atoms with E-state index < -0.39 is 0 Å². The highest BCUT2D eigenvalue weighted by molar-refractivity contribution is 5.95. The summed E-state index contributed by atoms with van der Waals surface area (Å²) in [5.74, 6) is 0.101. The number of carbonyl (C=O) groups is 1. The van der Waals surface area contributed by atoms with Gasteiger partial charge in [-0.05, 0) is 19.4 Å². The van der Waals surface area contributed by atoms with Crippen molar-refractivity contribution in [3.8, 4) is 0 Å². The molecule has 106 valence electrons. The molecule has 1 fully saturated rings. The molecule has 0 N–H and O–H groups in total. The average Bonchev–Trinajstić information content (AvgIpc) is 2.76. The van der Waals surface area contributed by atoms with Crippen LogP contribution < -0.4 is 0 Å². The van der Waals surface area contributed by atoms with Gasteiger partial charge in [-0.1, -0.05) is 0 Å². The van der Waals surface area contributed by atoms with E-state index in [1.807, 2.05) is 35.7 Å². The third-order valence-electron chi connectivity index (χ3n) is 3.68. The molecule has 2 rings (SSSR count). The lowest BCUT2D eigenvalue weighted by atomic mass is 10.1. The van der Waals surface area contributed by atoms with Crippen LogP contribution in [0, 0.1) is 6.92 Å². The van der Waals surface area contributed by atoms with E-state index in [1.165, 1.54) is 0 Å². The number of ether oxygens (including phenoxy) is 2. The first-order valence-electron chi connectivity index (χ1n) is 6.65. The molecular weight excluding hydrogens is 244 g/mol. The summed E-state index contributed by atoms with van der Waals surface area (Å²) in [6.45, 7) is 4.55. The third kappa shape index (κ3) is 3.16. The normalized spacial score (nSPS) is 19.7. The Morgan fingerprint density at radius 3 is 3.00 bits per heavy atom. The number of nitrogens with zero attached hydrogens (tertiary/aromatic N) is 2. The van der Waals surface area contributed by atoms with Crippen molar-refractivity contribution in [3.63, 3.8) is 0 Å². The molecule has 19 heavy (non-hydrogen) atoms. The van der Waals surface area contributed by atoms with Crippen molar-refractivity contribution in [1.29, 1.82) is 0 Å².